The van der Waals surface area contributed by atoms with Crippen molar-refractivity contribution in [3.05, 3.63) is 24.0 Å². The first-order valence-corrected chi connectivity index (χ1v) is 4.65. The fourth-order valence-electron chi connectivity index (χ4n) is 1.30. The molecule has 1 heterocycles. The highest BCUT2D eigenvalue weighted by Gasteiger charge is 2.05. The summed E-state index contributed by atoms with van der Waals surface area (Å²) < 4.78 is 0. The van der Waals surface area contributed by atoms with Crippen LogP contribution in [0.4, 0.5) is 0 Å². The molecule has 0 aromatic carbocycles. The second kappa shape index (κ2) is 4.99. The summed E-state index contributed by atoms with van der Waals surface area (Å²) in [4.78, 5) is 2.94. The molecule has 1 aromatic rings. The Hall–Kier alpha value is -0.760. The van der Waals surface area contributed by atoms with Gasteiger partial charge in [0.25, 0.3) is 0 Å². The number of hydrogen-bond donors (Lipinski definition) is 2. The summed E-state index contributed by atoms with van der Waals surface area (Å²) in [5.74, 6) is 0. The Morgan fingerprint density at radius 3 is 2.92 bits per heavy atom. The van der Waals surface area contributed by atoms with Gasteiger partial charge >= 0.3 is 0 Å². The fraction of sp³-hybridized carbons (Fsp3) is 0.600. The van der Waals surface area contributed by atoms with Crippen LogP contribution in [-0.4, -0.2) is 10.1 Å². The number of aromatic nitrogens is 1. The maximum Gasteiger partial charge on any atom is 0.0804 e. The Kier molecular flexibility index (Phi) is 3.88. The van der Waals surface area contributed by atoms with E-state index >= 15 is 0 Å². The third kappa shape index (κ3) is 2.70. The van der Waals surface area contributed by atoms with Crippen LogP contribution in [-0.2, 0) is 0 Å². The molecule has 0 aliphatic carbocycles. The number of unbranched alkanes of at least 4 members (excludes halogenated alkanes) is 2. The number of rotatable bonds is 5. The van der Waals surface area contributed by atoms with E-state index in [1.165, 1.54) is 12.8 Å². The topological polar surface area (TPSA) is 36.0 Å². The van der Waals surface area contributed by atoms with Gasteiger partial charge in [0, 0.05) is 12.4 Å². The molecule has 2 heteroatoms. The Balaban J connectivity index is 2.25. The van der Waals surface area contributed by atoms with Crippen LogP contribution in [0.2, 0.25) is 0 Å². The van der Waals surface area contributed by atoms with Crippen molar-refractivity contribution >= 4 is 0 Å². The molecule has 0 bridgehead atoms. The molecule has 1 atom stereocenters. The van der Waals surface area contributed by atoms with Crippen LogP contribution in [0.3, 0.4) is 0 Å². The van der Waals surface area contributed by atoms with E-state index < -0.39 is 0 Å². The minimum Gasteiger partial charge on any atom is -0.388 e. The van der Waals surface area contributed by atoms with Gasteiger partial charge in [0.05, 0.1) is 6.10 Å². The summed E-state index contributed by atoms with van der Waals surface area (Å²) >= 11 is 0. The van der Waals surface area contributed by atoms with Crippen molar-refractivity contribution < 1.29 is 5.11 Å². The fourth-order valence-corrected chi connectivity index (χ4v) is 1.30. The van der Waals surface area contributed by atoms with Crippen molar-refractivity contribution in [2.45, 2.75) is 38.7 Å². The van der Waals surface area contributed by atoms with Gasteiger partial charge < -0.3 is 10.1 Å². The molecule has 0 radical (unpaired) electrons. The molecule has 1 unspecified atom stereocenters. The van der Waals surface area contributed by atoms with Crippen molar-refractivity contribution in [2.24, 2.45) is 0 Å². The van der Waals surface area contributed by atoms with E-state index in [1.807, 2.05) is 18.5 Å². The van der Waals surface area contributed by atoms with Crippen LogP contribution in [0.1, 0.15) is 44.3 Å². The van der Waals surface area contributed by atoms with Crippen molar-refractivity contribution in [2.75, 3.05) is 0 Å². The predicted molar refractivity (Wildman–Crippen MR) is 49.9 cm³/mol. The normalized spacial score (nSPS) is 13.2. The van der Waals surface area contributed by atoms with Gasteiger partial charge in [-0.15, -0.1) is 0 Å². The maximum absolute atomic E-state index is 9.62. The highest BCUT2D eigenvalue weighted by Crippen LogP contribution is 2.18. The van der Waals surface area contributed by atoms with E-state index in [9.17, 15) is 5.11 Å². The minimum atomic E-state index is -0.275. The molecule has 68 valence electrons. The number of aliphatic hydroxyl groups excluding tert-OH is 1. The molecule has 2 nitrogen and oxygen atoms in total. The number of aliphatic hydroxyl groups is 1. The second-order valence-corrected chi connectivity index (χ2v) is 3.16. The van der Waals surface area contributed by atoms with Crippen LogP contribution in [0, 0.1) is 0 Å². The molecule has 1 rings (SSSR count). The molecule has 0 saturated heterocycles. The van der Waals surface area contributed by atoms with Gasteiger partial charge in [0.15, 0.2) is 0 Å². The van der Waals surface area contributed by atoms with Crippen LogP contribution >= 0.6 is 0 Å². The molecule has 2 N–H and O–H groups in total. The van der Waals surface area contributed by atoms with Crippen molar-refractivity contribution in [1.29, 1.82) is 0 Å². The summed E-state index contributed by atoms with van der Waals surface area (Å²) in [6, 6.07) is 1.93. The standard InChI is InChI=1S/C10H17NO/c1-2-3-4-5-10(12)9-6-7-11-8-9/h6-8,10-12H,2-5H2,1H3. The number of hydrogen-bond acceptors (Lipinski definition) is 1. The SMILES string of the molecule is CCCCCC(O)c1cc[nH]c1. The summed E-state index contributed by atoms with van der Waals surface area (Å²) in [6.07, 6.45) is 7.84. The highest BCUT2D eigenvalue weighted by molar-refractivity contribution is 5.11. The second-order valence-electron chi connectivity index (χ2n) is 3.16. The first-order chi connectivity index (χ1) is 5.84. The zero-order chi connectivity index (χ0) is 8.81. The predicted octanol–water partition coefficient (Wildman–Crippen LogP) is 2.63. The van der Waals surface area contributed by atoms with E-state index in [0.717, 1.165) is 18.4 Å². The Bertz CT molecular complexity index is 194. The third-order valence-corrected chi connectivity index (χ3v) is 2.09. The first kappa shape index (κ1) is 9.33. The van der Waals surface area contributed by atoms with E-state index in [2.05, 4.69) is 11.9 Å². The molecule has 0 aliphatic heterocycles. The summed E-state index contributed by atoms with van der Waals surface area (Å²) in [7, 11) is 0. The first-order valence-electron chi connectivity index (χ1n) is 4.65. The molecule has 12 heavy (non-hydrogen) atoms. The van der Waals surface area contributed by atoms with Crippen LogP contribution < -0.4 is 0 Å². The number of H-pyrrole nitrogens is 1. The van der Waals surface area contributed by atoms with Gasteiger partial charge in [-0.1, -0.05) is 26.2 Å². The quantitative estimate of drug-likeness (QED) is 0.650. The Morgan fingerprint density at radius 2 is 2.33 bits per heavy atom. The number of aromatic amines is 1. The molecule has 0 amide bonds. The van der Waals surface area contributed by atoms with Crippen LogP contribution in [0.15, 0.2) is 18.5 Å². The van der Waals surface area contributed by atoms with Crippen molar-refractivity contribution in [3.63, 3.8) is 0 Å². The third-order valence-electron chi connectivity index (χ3n) is 2.09. The van der Waals surface area contributed by atoms with Gasteiger partial charge in [-0.05, 0) is 18.1 Å². The van der Waals surface area contributed by atoms with Gasteiger partial charge in [-0.2, -0.15) is 0 Å². The average Bonchev–Trinajstić information content (AvgIpc) is 2.56. The zero-order valence-electron chi connectivity index (χ0n) is 7.59. The lowest BCUT2D eigenvalue weighted by Crippen LogP contribution is -1.94. The molecule has 0 saturated carbocycles. The average molecular weight is 167 g/mol. The molecular formula is C10H17NO. The van der Waals surface area contributed by atoms with E-state index in [-0.39, 0.29) is 6.10 Å². The molecule has 0 spiro atoms. The smallest absolute Gasteiger partial charge is 0.0804 e. The van der Waals surface area contributed by atoms with Gasteiger partial charge in [0.2, 0.25) is 0 Å². The maximum atomic E-state index is 9.62. The van der Waals surface area contributed by atoms with Crippen LogP contribution in [0.5, 0.6) is 0 Å². The lowest BCUT2D eigenvalue weighted by atomic mass is 10.1. The lowest BCUT2D eigenvalue weighted by Gasteiger charge is -2.06. The van der Waals surface area contributed by atoms with E-state index in [0.29, 0.717) is 0 Å². The minimum absolute atomic E-state index is 0.275. The van der Waals surface area contributed by atoms with E-state index in [1.54, 1.807) is 0 Å². The summed E-state index contributed by atoms with van der Waals surface area (Å²) in [5, 5.41) is 9.62. The van der Waals surface area contributed by atoms with Gasteiger partial charge in [-0.3, -0.25) is 0 Å². The monoisotopic (exact) mass is 167 g/mol. The highest BCUT2D eigenvalue weighted by atomic mass is 16.3. The summed E-state index contributed by atoms with van der Waals surface area (Å²) in [5.41, 5.74) is 1.01. The Labute approximate surface area is 73.6 Å². The zero-order valence-corrected chi connectivity index (χ0v) is 7.59. The van der Waals surface area contributed by atoms with Gasteiger partial charge in [0.1, 0.15) is 0 Å². The van der Waals surface area contributed by atoms with Crippen molar-refractivity contribution in [3.8, 4) is 0 Å². The van der Waals surface area contributed by atoms with Gasteiger partial charge in [-0.25, -0.2) is 0 Å². The number of nitrogens with one attached hydrogen (secondary N) is 1. The molecule has 0 aliphatic rings. The largest absolute Gasteiger partial charge is 0.388 e. The molecule has 0 fully saturated rings. The molecule has 1 aromatic heterocycles. The Morgan fingerprint density at radius 1 is 1.50 bits per heavy atom. The lowest BCUT2D eigenvalue weighted by molar-refractivity contribution is 0.164. The van der Waals surface area contributed by atoms with E-state index in [4.69, 9.17) is 0 Å². The molecular weight excluding hydrogens is 150 g/mol. The van der Waals surface area contributed by atoms with Crippen molar-refractivity contribution in [1.82, 2.24) is 4.98 Å². The van der Waals surface area contributed by atoms with Crippen LogP contribution in [0.25, 0.3) is 0 Å². The summed E-state index contributed by atoms with van der Waals surface area (Å²) in [6.45, 7) is 2.17.